The largest absolute Gasteiger partial charge is 0.493 e. The maximum atomic E-state index is 14.6. The minimum absolute atomic E-state index is 0.126. The molecule has 20 heavy (non-hydrogen) atoms. The number of hydrogen-bond donors (Lipinski definition) is 0. The molecule has 0 N–H and O–H groups in total. The highest BCUT2D eigenvalue weighted by Crippen LogP contribution is 2.42. The van der Waals surface area contributed by atoms with Gasteiger partial charge in [0, 0.05) is 18.8 Å². The fourth-order valence-corrected chi connectivity index (χ4v) is 2.95. The third-order valence-electron chi connectivity index (χ3n) is 3.78. The van der Waals surface area contributed by atoms with Crippen LogP contribution in [0.1, 0.15) is 56.6 Å². The van der Waals surface area contributed by atoms with Crippen molar-refractivity contribution in [3.63, 3.8) is 0 Å². The highest BCUT2D eigenvalue weighted by molar-refractivity contribution is 6.31. The molecule has 112 valence electrons. The van der Waals surface area contributed by atoms with Crippen LogP contribution in [0.3, 0.4) is 0 Å². The van der Waals surface area contributed by atoms with Gasteiger partial charge < -0.3 is 9.47 Å². The summed E-state index contributed by atoms with van der Waals surface area (Å²) in [6.07, 6.45) is 1.63. The summed E-state index contributed by atoms with van der Waals surface area (Å²) in [5.41, 5.74) is 1.63. The Morgan fingerprint density at radius 2 is 2.05 bits per heavy atom. The molecule has 1 fully saturated rings. The van der Waals surface area contributed by atoms with Gasteiger partial charge in [-0.05, 0) is 43.2 Å². The summed E-state index contributed by atoms with van der Waals surface area (Å²) < 4.78 is 25.7. The first-order valence-corrected chi connectivity index (χ1v) is 7.66. The Labute approximate surface area is 125 Å². The number of rotatable bonds is 4. The molecule has 1 heterocycles. The summed E-state index contributed by atoms with van der Waals surface area (Å²) >= 11 is 6.09. The van der Waals surface area contributed by atoms with Crippen LogP contribution in [0.15, 0.2) is 6.07 Å². The Morgan fingerprint density at radius 3 is 2.60 bits per heavy atom. The molecule has 1 aliphatic rings. The molecule has 1 aromatic rings. The Balaban J connectivity index is 2.55. The second-order valence-corrected chi connectivity index (χ2v) is 5.89. The molecule has 0 spiro atoms. The van der Waals surface area contributed by atoms with Gasteiger partial charge in [-0.2, -0.15) is 0 Å². The molecular formula is C16H22ClFO2. The summed E-state index contributed by atoms with van der Waals surface area (Å²) in [5, 5.41) is 0.193. The molecule has 0 aromatic heterocycles. The second kappa shape index (κ2) is 6.77. The van der Waals surface area contributed by atoms with E-state index in [1.807, 2.05) is 6.92 Å². The number of hydrogen-bond acceptors (Lipinski definition) is 2. The van der Waals surface area contributed by atoms with Gasteiger partial charge in [0.15, 0.2) is 0 Å². The van der Waals surface area contributed by atoms with E-state index >= 15 is 0 Å². The maximum Gasteiger partial charge on any atom is 0.148 e. The minimum atomic E-state index is -0.327. The smallest absolute Gasteiger partial charge is 0.148 e. The van der Waals surface area contributed by atoms with E-state index in [1.54, 1.807) is 6.07 Å². The van der Waals surface area contributed by atoms with Crippen LogP contribution in [-0.4, -0.2) is 19.8 Å². The first-order chi connectivity index (χ1) is 9.56. The van der Waals surface area contributed by atoms with Crippen molar-refractivity contribution in [3.8, 4) is 5.75 Å². The van der Waals surface area contributed by atoms with Crippen molar-refractivity contribution >= 4 is 11.6 Å². The Bertz CT molecular complexity index is 468. The van der Waals surface area contributed by atoms with Crippen molar-refractivity contribution in [2.45, 2.75) is 45.4 Å². The lowest BCUT2D eigenvalue weighted by atomic mass is 9.87. The lowest BCUT2D eigenvalue weighted by Crippen LogP contribution is -2.17. The molecule has 0 saturated carbocycles. The predicted molar refractivity (Wildman–Crippen MR) is 79.5 cm³/mol. The summed E-state index contributed by atoms with van der Waals surface area (Å²) in [5.74, 6) is 0.734. The van der Waals surface area contributed by atoms with Crippen LogP contribution in [0.2, 0.25) is 5.02 Å². The van der Waals surface area contributed by atoms with Crippen LogP contribution in [0.25, 0.3) is 0 Å². The van der Waals surface area contributed by atoms with E-state index in [1.165, 1.54) is 0 Å². The normalized spacial score (nSPS) is 16.7. The summed E-state index contributed by atoms with van der Waals surface area (Å²) in [6.45, 7) is 7.92. The highest BCUT2D eigenvalue weighted by atomic mass is 35.5. The molecule has 4 heteroatoms. The summed E-state index contributed by atoms with van der Waals surface area (Å²) in [4.78, 5) is 0. The van der Waals surface area contributed by atoms with E-state index in [4.69, 9.17) is 21.1 Å². The van der Waals surface area contributed by atoms with Crippen LogP contribution in [0, 0.1) is 5.82 Å². The van der Waals surface area contributed by atoms with Gasteiger partial charge in [0.2, 0.25) is 0 Å². The quantitative estimate of drug-likeness (QED) is 0.788. The van der Waals surface area contributed by atoms with Crippen LogP contribution in [0.4, 0.5) is 4.39 Å². The molecule has 2 rings (SSSR count). The molecule has 0 atom stereocenters. The first kappa shape index (κ1) is 15.6. The maximum absolute atomic E-state index is 14.6. The molecule has 2 nitrogen and oxygen atoms in total. The summed E-state index contributed by atoms with van der Waals surface area (Å²) in [7, 11) is 0. The van der Waals surface area contributed by atoms with Crippen molar-refractivity contribution in [3.05, 3.63) is 28.0 Å². The molecular weight excluding hydrogens is 279 g/mol. The van der Waals surface area contributed by atoms with Gasteiger partial charge in [-0.3, -0.25) is 0 Å². The van der Waals surface area contributed by atoms with Gasteiger partial charge in [0.1, 0.15) is 11.6 Å². The zero-order chi connectivity index (χ0) is 14.7. The van der Waals surface area contributed by atoms with Crippen LogP contribution in [0.5, 0.6) is 5.75 Å². The van der Waals surface area contributed by atoms with Gasteiger partial charge in [-0.15, -0.1) is 0 Å². The van der Waals surface area contributed by atoms with Crippen molar-refractivity contribution in [2.24, 2.45) is 0 Å². The molecule has 0 bridgehead atoms. The SMILES string of the molecule is CCOc1c(C(C)C)cc(Cl)c(F)c1C1CCOCC1. The topological polar surface area (TPSA) is 18.5 Å². The van der Waals surface area contributed by atoms with Gasteiger partial charge in [0.05, 0.1) is 11.6 Å². The Kier molecular flexibility index (Phi) is 5.28. The predicted octanol–water partition coefficient (Wildman–Crippen LogP) is 4.90. The average Bonchev–Trinajstić information content (AvgIpc) is 2.44. The fourth-order valence-electron chi connectivity index (χ4n) is 2.73. The van der Waals surface area contributed by atoms with Crippen molar-refractivity contribution in [1.29, 1.82) is 0 Å². The van der Waals surface area contributed by atoms with Crippen molar-refractivity contribution in [2.75, 3.05) is 19.8 Å². The number of ether oxygens (including phenoxy) is 2. The minimum Gasteiger partial charge on any atom is -0.493 e. The van der Waals surface area contributed by atoms with E-state index in [2.05, 4.69) is 13.8 Å². The van der Waals surface area contributed by atoms with E-state index in [-0.39, 0.29) is 22.7 Å². The van der Waals surface area contributed by atoms with Crippen molar-refractivity contribution < 1.29 is 13.9 Å². The monoisotopic (exact) mass is 300 g/mol. The van der Waals surface area contributed by atoms with E-state index in [9.17, 15) is 4.39 Å². The van der Waals surface area contributed by atoms with E-state index in [0.29, 0.717) is 31.1 Å². The zero-order valence-corrected chi connectivity index (χ0v) is 13.1. The molecule has 1 aromatic carbocycles. The van der Waals surface area contributed by atoms with Gasteiger partial charge in [-0.25, -0.2) is 4.39 Å². The first-order valence-electron chi connectivity index (χ1n) is 7.28. The third kappa shape index (κ3) is 3.09. The van der Waals surface area contributed by atoms with Gasteiger partial charge >= 0.3 is 0 Å². The van der Waals surface area contributed by atoms with Gasteiger partial charge in [0.25, 0.3) is 0 Å². The zero-order valence-electron chi connectivity index (χ0n) is 12.3. The molecule has 1 saturated heterocycles. The lowest BCUT2D eigenvalue weighted by molar-refractivity contribution is 0.0838. The highest BCUT2D eigenvalue weighted by Gasteiger charge is 2.28. The molecule has 0 aliphatic carbocycles. The van der Waals surface area contributed by atoms with Crippen molar-refractivity contribution in [1.82, 2.24) is 0 Å². The van der Waals surface area contributed by atoms with Crippen LogP contribution < -0.4 is 4.74 Å². The van der Waals surface area contributed by atoms with Crippen LogP contribution in [-0.2, 0) is 4.74 Å². The van der Waals surface area contributed by atoms with Gasteiger partial charge in [-0.1, -0.05) is 25.4 Å². The molecule has 0 radical (unpaired) electrons. The lowest BCUT2D eigenvalue weighted by Gasteiger charge is -2.27. The Morgan fingerprint density at radius 1 is 1.40 bits per heavy atom. The molecule has 0 amide bonds. The third-order valence-corrected chi connectivity index (χ3v) is 4.05. The number of benzene rings is 1. The average molecular weight is 301 g/mol. The number of halogens is 2. The standard InChI is InChI=1S/C16H22ClFO2/c1-4-20-16-12(10(2)3)9-13(17)15(18)14(16)11-5-7-19-8-6-11/h9-11H,4-8H2,1-3H3. The molecule has 1 aliphatic heterocycles. The fraction of sp³-hybridized carbons (Fsp3) is 0.625. The Hall–Kier alpha value is -0.800. The van der Waals surface area contributed by atoms with Crippen LogP contribution >= 0.6 is 11.6 Å². The second-order valence-electron chi connectivity index (χ2n) is 5.48. The molecule has 0 unspecified atom stereocenters. The van der Waals surface area contributed by atoms with E-state index < -0.39 is 0 Å². The summed E-state index contributed by atoms with van der Waals surface area (Å²) in [6, 6.07) is 1.70. The van der Waals surface area contributed by atoms with E-state index in [0.717, 1.165) is 18.4 Å².